The standard InChI is InChI=1S/C17H20N2O4/c1-11(2)9-16(21)23-10-15(20)19-14-6-4-3-5-13(14)17(22)18-12-7-8-12/h3-6,9,12H,7-8,10H2,1-2H3,(H,18,22)(H,19,20). The summed E-state index contributed by atoms with van der Waals surface area (Å²) in [5, 5.41) is 5.47. The van der Waals surface area contributed by atoms with E-state index in [0.29, 0.717) is 11.3 Å². The molecule has 0 saturated heterocycles. The molecule has 23 heavy (non-hydrogen) atoms. The smallest absolute Gasteiger partial charge is 0.331 e. The lowest BCUT2D eigenvalue weighted by Crippen LogP contribution is -2.27. The van der Waals surface area contributed by atoms with Crippen LogP contribution in [0.3, 0.4) is 0 Å². The summed E-state index contributed by atoms with van der Waals surface area (Å²) in [6.45, 7) is 3.12. The van der Waals surface area contributed by atoms with Crippen molar-refractivity contribution in [3.63, 3.8) is 0 Å². The second kappa shape index (κ2) is 7.58. The van der Waals surface area contributed by atoms with Crippen LogP contribution in [0.4, 0.5) is 5.69 Å². The van der Waals surface area contributed by atoms with E-state index in [4.69, 9.17) is 4.74 Å². The van der Waals surface area contributed by atoms with Gasteiger partial charge in [-0.2, -0.15) is 0 Å². The van der Waals surface area contributed by atoms with E-state index < -0.39 is 18.5 Å². The van der Waals surface area contributed by atoms with E-state index in [1.807, 2.05) is 0 Å². The molecule has 1 saturated carbocycles. The Kier molecular flexibility index (Phi) is 5.51. The second-order valence-electron chi connectivity index (χ2n) is 5.67. The van der Waals surface area contributed by atoms with Crippen LogP contribution in [-0.2, 0) is 14.3 Å². The van der Waals surface area contributed by atoms with Gasteiger partial charge in [-0.05, 0) is 38.8 Å². The van der Waals surface area contributed by atoms with Gasteiger partial charge in [-0.25, -0.2) is 4.79 Å². The molecule has 0 radical (unpaired) electrons. The summed E-state index contributed by atoms with van der Waals surface area (Å²) in [4.78, 5) is 35.4. The molecule has 2 rings (SSSR count). The zero-order valence-electron chi connectivity index (χ0n) is 13.2. The monoisotopic (exact) mass is 316 g/mol. The fourth-order valence-electron chi connectivity index (χ4n) is 1.88. The van der Waals surface area contributed by atoms with Gasteiger partial charge in [-0.3, -0.25) is 9.59 Å². The molecule has 6 nitrogen and oxygen atoms in total. The SMILES string of the molecule is CC(C)=CC(=O)OCC(=O)Nc1ccccc1C(=O)NC1CC1. The number of benzene rings is 1. The minimum absolute atomic E-state index is 0.218. The first-order chi connectivity index (χ1) is 11.0. The van der Waals surface area contributed by atoms with Gasteiger partial charge in [0.2, 0.25) is 0 Å². The third kappa shape index (κ3) is 5.58. The van der Waals surface area contributed by atoms with E-state index in [2.05, 4.69) is 10.6 Å². The van der Waals surface area contributed by atoms with Crippen molar-refractivity contribution in [2.75, 3.05) is 11.9 Å². The zero-order valence-corrected chi connectivity index (χ0v) is 13.2. The lowest BCUT2D eigenvalue weighted by atomic mass is 10.1. The molecule has 1 aliphatic carbocycles. The molecule has 1 fully saturated rings. The molecule has 0 atom stereocenters. The lowest BCUT2D eigenvalue weighted by Gasteiger charge is -2.11. The maximum absolute atomic E-state index is 12.1. The Labute approximate surface area is 134 Å². The molecule has 0 heterocycles. The molecular formula is C17H20N2O4. The molecule has 1 aromatic carbocycles. The number of anilines is 1. The molecule has 0 aromatic heterocycles. The highest BCUT2D eigenvalue weighted by atomic mass is 16.5. The van der Waals surface area contributed by atoms with Gasteiger partial charge in [-0.1, -0.05) is 17.7 Å². The number of carbonyl (C=O) groups is 3. The average molecular weight is 316 g/mol. The van der Waals surface area contributed by atoms with Crippen molar-refractivity contribution < 1.29 is 19.1 Å². The van der Waals surface area contributed by atoms with Crippen LogP contribution in [0.2, 0.25) is 0 Å². The molecule has 2 N–H and O–H groups in total. The lowest BCUT2D eigenvalue weighted by molar-refractivity contribution is -0.142. The van der Waals surface area contributed by atoms with Crippen molar-refractivity contribution in [3.05, 3.63) is 41.5 Å². The first kappa shape index (κ1) is 16.7. The molecule has 0 bridgehead atoms. The van der Waals surface area contributed by atoms with Crippen LogP contribution in [0.1, 0.15) is 37.0 Å². The number of amides is 2. The number of allylic oxidation sites excluding steroid dienone is 1. The van der Waals surface area contributed by atoms with Crippen LogP contribution in [0.15, 0.2) is 35.9 Å². The summed E-state index contributed by atoms with van der Waals surface area (Å²) in [5.41, 5.74) is 1.58. The van der Waals surface area contributed by atoms with Gasteiger partial charge < -0.3 is 15.4 Å². The minimum atomic E-state index is -0.570. The highest BCUT2D eigenvalue weighted by Gasteiger charge is 2.25. The Morgan fingerprint density at radius 3 is 2.57 bits per heavy atom. The largest absolute Gasteiger partial charge is 0.452 e. The van der Waals surface area contributed by atoms with E-state index >= 15 is 0 Å². The molecule has 0 unspecified atom stereocenters. The van der Waals surface area contributed by atoms with E-state index in [1.54, 1.807) is 38.1 Å². The van der Waals surface area contributed by atoms with Gasteiger partial charge in [-0.15, -0.1) is 0 Å². The summed E-state index contributed by atoms with van der Waals surface area (Å²) >= 11 is 0. The third-order valence-corrected chi connectivity index (χ3v) is 3.11. The fraction of sp³-hybridized carbons (Fsp3) is 0.353. The van der Waals surface area contributed by atoms with Crippen molar-refractivity contribution in [1.29, 1.82) is 0 Å². The Morgan fingerprint density at radius 2 is 1.91 bits per heavy atom. The Bertz CT molecular complexity index is 644. The van der Waals surface area contributed by atoms with Gasteiger partial charge >= 0.3 is 5.97 Å². The topological polar surface area (TPSA) is 84.5 Å². The number of hydrogen-bond acceptors (Lipinski definition) is 4. The number of carbonyl (C=O) groups excluding carboxylic acids is 3. The highest BCUT2D eigenvalue weighted by Crippen LogP contribution is 2.21. The normalized spacial score (nSPS) is 13.0. The van der Waals surface area contributed by atoms with Crippen LogP contribution >= 0.6 is 0 Å². The van der Waals surface area contributed by atoms with Gasteiger partial charge in [0.05, 0.1) is 11.3 Å². The van der Waals surface area contributed by atoms with Crippen molar-refractivity contribution >= 4 is 23.5 Å². The van der Waals surface area contributed by atoms with Crippen LogP contribution in [0.5, 0.6) is 0 Å². The second-order valence-corrected chi connectivity index (χ2v) is 5.67. The third-order valence-electron chi connectivity index (χ3n) is 3.11. The predicted molar refractivity (Wildman–Crippen MR) is 85.9 cm³/mol. The summed E-state index contributed by atoms with van der Waals surface area (Å²) < 4.78 is 4.83. The van der Waals surface area contributed by atoms with Gasteiger partial charge in [0.15, 0.2) is 6.61 Å². The maximum Gasteiger partial charge on any atom is 0.331 e. The van der Waals surface area contributed by atoms with Gasteiger partial charge in [0.1, 0.15) is 0 Å². The van der Waals surface area contributed by atoms with Crippen molar-refractivity contribution in [3.8, 4) is 0 Å². The summed E-state index contributed by atoms with van der Waals surface area (Å²) in [6.07, 6.45) is 3.28. The quantitative estimate of drug-likeness (QED) is 0.621. The number of nitrogens with one attached hydrogen (secondary N) is 2. The summed E-state index contributed by atoms with van der Waals surface area (Å²) in [6, 6.07) is 6.96. The minimum Gasteiger partial charge on any atom is -0.452 e. The molecule has 6 heteroatoms. The Balaban J connectivity index is 1.93. The Hall–Kier alpha value is -2.63. The maximum atomic E-state index is 12.1. The van der Waals surface area contributed by atoms with Gasteiger partial charge in [0, 0.05) is 12.1 Å². The number of ether oxygens (including phenoxy) is 1. The summed E-state index contributed by atoms with van der Waals surface area (Å²) in [5.74, 6) is -1.28. The van der Waals surface area contributed by atoms with Crippen LogP contribution in [-0.4, -0.2) is 30.4 Å². The molecule has 0 aliphatic heterocycles. The Morgan fingerprint density at radius 1 is 1.22 bits per heavy atom. The van der Waals surface area contributed by atoms with Crippen LogP contribution in [0.25, 0.3) is 0 Å². The first-order valence-corrected chi connectivity index (χ1v) is 7.47. The number of rotatable bonds is 6. The van der Waals surface area contributed by atoms with Gasteiger partial charge in [0.25, 0.3) is 11.8 Å². The van der Waals surface area contributed by atoms with Crippen molar-refractivity contribution in [1.82, 2.24) is 5.32 Å². The fourth-order valence-corrected chi connectivity index (χ4v) is 1.88. The van der Waals surface area contributed by atoms with Crippen molar-refractivity contribution in [2.24, 2.45) is 0 Å². The molecule has 122 valence electrons. The highest BCUT2D eigenvalue weighted by molar-refractivity contribution is 6.04. The van der Waals surface area contributed by atoms with E-state index in [1.165, 1.54) is 6.08 Å². The number of esters is 1. The number of hydrogen-bond donors (Lipinski definition) is 2. The summed E-state index contributed by atoms with van der Waals surface area (Å²) in [7, 11) is 0. The van der Waals surface area contributed by atoms with E-state index in [9.17, 15) is 14.4 Å². The van der Waals surface area contributed by atoms with E-state index in [-0.39, 0.29) is 11.9 Å². The van der Waals surface area contributed by atoms with E-state index in [0.717, 1.165) is 18.4 Å². The molecule has 1 aliphatic rings. The van der Waals surface area contributed by atoms with Crippen LogP contribution in [0, 0.1) is 0 Å². The molecule has 1 aromatic rings. The number of para-hydroxylation sites is 1. The molecule has 0 spiro atoms. The van der Waals surface area contributed by atoms with Crippen LogP contribution < -0.4 is 10.6 Å². The molecule has 2 amide bonds. The predicted octanol–water partition coefficient (Wildman–Crippen LogP) is 2.03. The first-order valence-electron chi connectivity index (χ1n) is 7.47. The zero-order chi connectivity index (χ0) is 16.8. The van der Waals surface area contributed by atoms with Crippen molar-refractivity contribution in [2.45, 2.75) is 32.7 Å². The average Bonchev–Trinajstić information content (AvgIpc) is 3.29. The molecular weight excluding hydrogens is 296 g/mol.